The van der Waals surface area contributed by atoms with Crippen molar-refractivity contribution in [1.29, 1.82) is 0 Å². The third-order valence-electron chi connectivity index (χ3n) is 3.94. The number of nitrogens with two attached hydrogens (primary N) is 1. The number of nitrogens with zero attached hydrogens (tertiary/aromatic N) is 3. The minimum Gasteiger partial charge on any atom is -0.497 e. The van der Waals surface area contributed by atoms with E-state index in [0.29, 0.717) is 11.3 Å². The van der Waals surface area contributed by atoms with E-state index in [0.717, 1.165) is 10.7 Å². The fourth-order valence-electron chi connectivity index (χ4n) is 2.57. The summed E-state index contributed by atoms with van der Waals surface area (Å²) in [6.07, 6.45) is -4.57. The molecule has 1 aromatic carbocycles. The summed E-state index contributed by atoms with van der Waals surface area (Å²) in [4.78, 5) is 16.4. The largest absolute Gasteiger partial charge is 0.497 e. The number of ether oxygens (including phenoxy) is 1. The summed E-state index contributed by atoms with van der Waals surface area (Å²) >= 11 is 0. The van der Waals surface area contributed by atoms with Crippen LogP contribution in [0.25, 0.3) is 11.3 Å². The van der Waals surface area contributed by atoms with Crippen molar-refractivity contribution in [2.45, 2.75) is 6.18 Å². The van der Waals surface area contributed by atoms with Crippen LogP contribution in [0.2, 0.25) is 0 Å². The minimum atomic E-state index is -4.57. The number of benzene rings is 1. The minimum absolute atomic E-state index is 0.0415. The molecule has 3 N–H and O–H groups in total. The number of carbonyl (C=O) groups is 1. The molecule has 2 heterocycles. The Morgan fingerprint density at radius 3 is 2.57 bits per heavy atom. The molecule has 0 bridgehead atoms. The molecule has 2 aromatic heterocycles. The van der Waals surface area contributed by atoms with Crippen molar-refractivity contribution >= 4 is 17.5 Å². The zero-order valence-electron chi connectivity index (χ0n) is 14.9. The molecule has 0 aliphatic carbocycles. The lowest BCUT2D eigenvalue weighted by Gasteiger charge is -2.09. The molecular formula is C18H16F3N5O2. The van der Waals surface area contributed by atoms with Crippen LogP contribution in [-0.4, -0.2) is 27.8 Å². The van der Waals surface area contributed by atoms with Gasteiger partial charge in [-0.25, -0.2) is 4.98 Å². The van der Waals surface area contributed by atoms with Gasteiger partial charge in [-0.05, 0) is 36.4 Å². The SMILES string of the molecule is COc1cccc(C(=O)Nc2ccc(-c3cc(C(F)(F)F)nn3C)c(N)n2)c1. The highest BCUT2D eigenvalue weighted by atomic mass is 19.4. The topological polar surface area (TPSA) is 95.1 Å². The van der Waals surface area contributed by atoms with E-state index >= 15 is 0 Å². The molecule has 0 atom stereocenters. The number of aryl methyl sites for hydroxylation is 1. The summed E-state index contributed by atoms with van der Waals surface area (Å²) in [6, 6.07) is 10.3. The van der Waals surface area contributed by atoms with E-state index in [1.165, 1.54) is 26.3 Å². The number of methoxy groups -OCH3 is 1. The maximum Gasteiger partial charge on any atom is 0.435 e. The lowest BCUT2D eigenvalue weighted by Crippen LogP contribution is -2.13. The van der Waals surface area contributed by atoms with Crippen molar-refractivity contribution in [3.05, 3.63) is 53.7 Å². The molecular weight excluding hydrogens is 375 g/mol. The molecule has 0 saturated carbocycles. The molecule has 1 amide bonds. The lowest BCUT2D eigenvalue weighted by atomic mass is 10.1. The summed E-state index contributed by atoms with van der Waals surface area (Å²) < 4.78 is 44.7. The first-order chi connectivity index (χ1) is 13.2. The number of nitrogens with one attached hydrogen (secondary N) is 1. The molecule has 0 unspecified atom stereocenters. The van der Waals surface area contributed by atoms with Gasteiger partial charge >= 0.3 is 6.18 Å². The monoisotopic (exact) mass is 391 g/mol. The van der Waals surface area contributed by atoms with Crippen molar-refractivity contribution < 1.29 is 22.7 Å². The van der Waals surface area contributed by atoms with Gasteiger partial charge in [0.2, 0.25) is 0 Å². The van der Waals surface area contributed by atoms with E-state index in [1.54, 1.807) is 24.3 Å². The Balaban J connectivity index is 1.85. The van der Waals surface area contributed by atoms with Crippen molar-refractivity contribution in [3.63, 3.8) is 0 Å². The maximum absolute atomic E-state index is 12.8. The normalized spacial score (nSPS) is 11.3. The molecule has 0 aliphatic heterocycles. The quantitative estimate of drug-likeness (QED) is 0.711. The number of alkyl halides is 3. The van der Waals surface area contributed by atoms with E-state index in [-0.39, 0.29) is 22.9 Å². The van der Waals surface area contributed by atoms with Crippen LogP contribution in [0.5, 0.6) is 5.75 Å². The Labute approximate surface area is 157 Å². The summed E-state index contributed by atoms with van der Waals surface area (Å²) in [5.74, 6) is 0.207. The van der Waals surface area contributed by atoms with Crippen LogP contribution in [0.1, 0.15) is 16.1 Å². The van der Waals surface area contributed by atoms with Gasteiger partial charge in [0, 0.05) is 18.2 Å². The lowest BCUT2D eigenvalue weighted by molar-refractivity contribution is -0.141. The Bertz CT molecular complexity index is 1030. The molecule has 3 aromatic rings. The van der Waals surface area contributed by atoms with Gasteiger partial charge in [-0.1, -0.05) is 6.07 Å². The number of nitrogen functional groups attached to an aromatic ring is 1. The van der Waals surface area contributed by atoms with Crippen LogP contribution in [0, 0.1) is 0 Å². The predicted molar refractivity (Wildman–Crippen MR) is 96.8 cm³/mol. The summed E-state index contributed by atoms with van der Waals surface area (Å²) in [5.41, 5.74) is 5.64. The molecule has 0 radical (unpaired) electrons. The fraction of sp³-hybridized carbons (Fsp3) is 0.167. The summed E-state index contributed by atoms with van der Waals surface area (Å²) in [6.45, 7) is 0. The van der Waals surface area contributed by atoms with Crippen LogP contribution in [0.3, 0.4) is 0 Å². The van der Waals surface area contributed by atoms with Crippen molar-refractivity contribution in [2.24, 2.45) is 7.05 Å². The predicted octanol–water partition coefficient (Wildman–Crippen LogP) is 3.34. The molecule has 10 heteroatoms. The fourth-order valence-corrected chi connectivity index (χ4v) is 2.57. The van der Waals surface area contributed by atoms with Gasteiger partial charge in [-0.15, -0.1) is 0 Å². The highest BCUT2D eigenvalue weighted by molar-refractivity contribution is 6.04. The Morgan fingerprint density at radius 1 is 1.21 bits per heavy atom. The van der Waals surface area contributed by atoms with Gasteiger partial charge in [0.25, 0.3) is 5.91 Å². The average molecular weight is 391 g/mol. The number of aromatic nitrogens is 3. The number of amides is 1. The zero-order valence-corrected chi connectivity index (χ0v) is 14.9. The summed E-state index contributed by atoms with van der Waals surface area (Å²) in [7, 11) is 2.86. The van der Waals surface area contributed by atoms with Gasteiger partial charge in [-0.3, -0.25) is 9.48 Å². The second-order valence-corrected chi connectivity index (χ2v) is 5.85. The van der Waals surface area contributed by atoms with Crippen LogP contribution < -0.4 is 15.8 Å². The summed E-state index contributed by atoms with van der Waals surface area (Å²) in [5, 5.41) is 6.04. The number of hydrogen-bond acceptors (Lipinski definition) is 5. The van der Waals surface area contributed by atoms with Crippen molar-refractivity contribution in [2.75, 3.05) is 18.2 Å². The van der Waals surface area contributed by atoms with Crippen LogP contribution in [0.4, 0.5) is 24.8 Å². The third kappa shape index (κ3) is 3.90. The van der Waals surface area contributed by atoms with E-state index in [4.69, 9.17) is 10.5 Å². The number of hydrogen-bond donors (Lipinski definition) is 2. The van der Waals surface area contributed by atoms with Gasteiger partial charge in [0.15, 0.2) is 5.69 Å². The van der Waals surface area contributed by atoms with Gasteiger partial charge in [0.05, 0.1) is 12.8 Å². The standard InChI is InChI=1S/C18H16F3N5O2/c1-26-13(9-14(25-26)18(19,20)21)12-6-7-15(23-16(12)22)24-17(27)10-4-3-5-11(8-10)28-2/h3-9H,1-2H3,(H3,22,23,24,27). The molecule has 0 fully saturated rings. The molecule has 28 heavy (non-hydrogen) atoms. The highest BCUT2D eigenvalue weighted by Gasteiger charge is 2.35. The average Bonchev–Trinajstić information content (AvgIpc) is 3.04. The molecule has 3 rings (SSSR count). The van der Waals surface area contributed by atoms with E-state index in [2.05, 4.69) is 15.4 Å². The zero-order chi connectivity index (χ0) is 20.5. The molecule has 0 saturated heterocycles. The Morgan fingerprint density at radius 2 is 1.96 bits per heavy atom. The van der Waals surface area contributed by atoms with Crippen molar-refractivity contribution in [1.82, 2.24) is 14.8 Å². The first-order valence-corrected chi connectivity index (χ1v) is 8.02. The second-order valence-electron chi connectivity index (χ2n) is 5.85. The number of rotatable bonds is 4. The molecule has 146 valence electrons. The van der Waals surface area contributed by atoms with Gasteiger partial charge < -0.3 is 15.8 Å². The molecule has 0 aliphatic rings. The number of pyridine rings is 1. The van der Waals surface area contributed by atoms with Crippen LogP contribution in [0.15, 0.2) is 42.5 Å². The second kappa shape index (κ2) is 7.22. The maximum atomic E-state index is 12.8. The molecule has 7 nitrogen and oxygen atoms in total. The first-order valence-electron chi connectivity index (χ1n) is 8.02. The smallest absolute Gasteiger partial charge is 0.435 e. The number of halogens is 3. The van der Waals surface area contributed by atoms with E-state index in [1.807, 2.05) is 0 Å². The van der Waals surface area contributed by atoms with Crippen LogP contribution >= 0.6 is 0 Å². The van der Waals surface area contributed by atoms with Crippen molar-refractivity contribution in [3.8, 4) is 17.0 Å². The Kier molecular flexibility index (Phi) is 4.95. The Hall–Kier alpha value is -3.56. The van der Waals surface area contributed by atoms with E-state index in [9.17, 15) is 18.0 Å². The van der Waals surface area contributed by atoms with E-state index < -0.39 is 17.8 Å². The molecule has 0 spiro atoms. The number of carbonyl (C=O) groups excluding carboxylic acids is 1. The van der Waals surface area contributed by atoms with Crippen LogP contribution in [-0.2, 0) is 13.2 Å². The van der Waals surface area contributed by atoms with Gasteiger partial charge in [0.1, 0.15) is 17.4 Å². The number of anilines is 2. The van der Waals surface area contributed by atoms with Gasteiger partial charge in [-0.2, -0.15) is 18.3 Å². The third-order valence-corrected chi connectivity index (χ3v) is 3.94. The first kappa shape index (κ1) is 19.2. The highest BCUT2D eigenvalue weighted by Crippen LogP contribution is 2.33.